The number of hydrogen-bond acceptors (Lipinski definition) is 5. The summed E-state index contributed by atoms with van der Waals surface area (Å²) in [4.78, 5) is 16.4. The molecule has 0 radical (unpaired) electrons. The third-order valence-electron chi connectivity index (χ3n) is 9.19. The van der Waals surface area contributed by atoms with Gasteiger partial charge in [-0.3, -0.25) is 4.57 Å². The fourth-order valence-electron chi connectivity index (χ4n) is 7.19. The van der Waals surface area contributed by atoms with E-state index in [1.165, 1.54) is 11.0 Å². The van der Waals surface area contributed by atoms with Gasteiger partial charge in [-0.25, -0.2) is 15.0 Å². The fourth-order valence-corrected chi connectivity index (χ4v) is 7.66. The second-order valence-electron chi connectivity index (χ2n) is 11.7. The van der Waals surface area contributed by atoms with E-state index in [0.717, 1.165) is 88.3 Å². The smallest absolute Gasteiger partial charge is 0.237 e. The van der Waals surface area contributed by atoms with Gasteiger partial charge >= 0.3 is 0 Å². The predicted molar refractivity (Wildman–Crippen MR) is 191 cm³/mol. The molecule has 0 aliphatic heterocycles. The molecule has 0 spiro atoms. The zero-order valence-corrected chi connectivity index (χ0v) is 25.4. The minimum absolute atomic E-state index is 0.555. The molecule has 0 amide bonds. The molecular formula is C40H24N4OS. The lowest BCUT2D eigenvalue weighted by Gasteiger charge is -2.16. The Hall–Kier alpha value is -5.72. The first-order valence-corrected chi connectivity index (χ1v) is 15.8. The van der Waals surface area contributed by atoms with Crippen molar-refractivity contribution in [3.63, 3.8) is 0 Å². The van der Waals surface area contributed by atoms with E-state index >= 15 is 0 Å². The first kappa shape index (κ1) is 25.6. The minimum Gasteiger partial charge on any atom is -0.456 e. The molecule has 6 heteroatoms. The third-order valence-corrected chi connectivity index (χ3v) is 9.62. The van der Waals surface area contributed by atoms with Crippen LogP contribution in [-0.2, 0) is 0 Å². The Labute approximate surface area is 268 Å². The van der Waals surface area contributed by atoms with Crippen LogP contribution in [0.1, 0.15) is 12.0 Å². The summed E-state index contributed by atoms with van der Waals surface area (Å²) in [5, 5.41) is 7.60. The SMILES string of the molecule is Sc1c(C2=CC=CC2)c2ccccc2c2c3cccnc3n(-c3nc(-c4ccc5oc6ccccc6c5c4)c4ccccc4n3)c12. The van der Waals surface area contributed by atoms with Gasteiger partial charge in [-0.2, -0.15) is 0 Å². The molecule has 4 aromatic heterocycles. The first-order valence-electron chi connectivity index (χ1n) is 15.3. The summed E-state index contributed by atoms with van der Waals surface area (Å²) in [6, 6.07) is 35.4. The van der Waals surface area contributed by atoms with Crippen LogP contribution in [-0.4, -0.2) is 19.5 Å². The van der Waals surface area contributed by atoms with Crippen molar-refractivity contribution in [3.05, 3.63) is 133 Å². The van der Waals surface area contributed by atoms with Gasteiger partial charge in [0.1, 0.15) is 16.8 Å². The molecule has 10 rings (SSSR count). The van der Waals surface area contributed by atoms with Crippen LogP contribution in [0.5, 0.6) is 0 Å². The van der Waals surface area contributed by atoms with Crippen LogP contribution in [0.2, 0.25) is 0 Å². The number of allylic oxidation sites excluding steroid dienone is 4. The molecule has 0 fully saturated rings. The number of para-hydroxylation sites is 2. The number of hydrogen-bond donors (Lipinski definition) is 1. The van der Waals surface area contributed by atoms with Crippen molar-refractivity contribution < 1.29 is 4.42 Å². The van der Waals surface area contributed by atoms with E-state index in [1.54, 1.807) is 0 Å². The lowest BCUT2D eigenvalue weighted by atomic mass is 9.94. The van der Waals surface area contributed by atoms with Crippen LogP contribution >= 0.6 is 12.6 Å². The summed E-state index contributed by atoms with van der Waals surface area (Å²) in [5.74, 6) is 0.555. The van der Waals surface area contributed by atoms with Crippen LogP contribution in [0.15, 0.2) is 137 Å². The molecule has 5 nitrogen and oxygen atoms in total. The summed E-state index contributed by atoms with van der Waals surface area (Å²) in [6.07, 6.45) is 9.21. The van der Waals surface area contributed by atoms with Crippen LogP contribution in [0.4, 0.5) is 0 Å². The van der Waals surface area contributed by atoms with Gasteiger partial charge in [0.15, 0.2) is 0 Å². The van der Waals surface area contributed by atoms with Crippen molar-refractivity contribution in [1.82, 2.24) is 19.5 Å². The maximum absolute atomic E-state index is 6.15. The van der Waals surface area contributed by atoms with Crippen LogP contribution in [0.25, 0.3) is 88.3 Å². The van der Waals surface area contributed by atoms with E-state index in [2.05, 4.69) is 83.5 Å². The number of benzene rings is 5. The number of thiol groups is 1. The molecule has 4 heterocycles. The van der Waals surface area contributed by atoms with Crippen molar-refractivity contribution >= 4 is 83.8 Å². The van der Waals surface area contributed by atoms with Gasteiger partial charge in [-0.15, -0.1) is 12.6 Å². The summed E-state index contributed by atoms with van der Waals surface area (Å²) in [7, 11) is 0. The Morgan fingerprint density at radius 2 is 1.46 bits per heavy atom. The van der Waals surface area contributed by atoms with Gasteiger partial charge in [0.25, 0.3) is 0 Å². The summed E-state index contributed by atoms with van der Waals surface area (Å²) < 4.78 is 8.25. The Morgan fingerprint density at radius 3 is 2.33 bits per heavy atom. The standard InChI is InChI=1S/C40H24N4OS/c46-38-34(23-10-1-2-11-23)26-13-3-4-14-27(26)35-29-16-9-21-41-39(29)44(37(35)38)40-42-31-17-7-5-15-28(31)36(43-40)24-19-20-33-30(22-24)25-12-6-8-18-32(25)45-33/h1-10,12-22,46H,11H2. The molecule has 0 saturated carbocycles. The molecule has 0 N–H and O–H groups in total. The van der Waals surface area contributed by atoms with Gasteiger partial charge in [0, 0.05) is 49.2 Å². The quantitative estimate of drug-likeness (QED) is 0.203. The largest absolute Gasteiger partial charge is 0.456 e. The number of fused-ring (bicyclic) bond motifs is 9. The van der Waals surface area contributed by atoms with E-state index in [1.807, 2.05) is 48.7 Å². The monoisotopic (exact) mass is 608 g/mol. The molecule has 216 valence electrons. The number of rotatable bonds is 3. The van der Waals surface area contributed by atoms with E-state index in [9.17, 15) is 0 Å². The third kappa shape index (κ3) is 3.56. The average Bonchev–Trinajstić information content (AvgIpc) is 3.84. The molecule has 0 saturated heterocycles. The van der Waals surface area contributed by atoms with Crippen molar-refractivity contribution in [2.75, 3.05) is 0 Å². The molecule has 1 aliphatic carbocycles. The van der Waals surface area contributed by atoms with Crippen LogP contribution in [0.3, 0.4) is 0 Å². The molecule has 0 atom stereocenters. The van der Waals surface area contributed by atoms with Crippen LogP contribution in [0, 0.1) is 0 Å². The van der Waals surface area contributed by atoms with Gasteiger partial charge in [-0.05, 0) is 65.2 Å². The van der Waals surface area contributed by atoms with Gasteiger partial charge < -0.3 is 4.42 Å². The lowest BCUT2D eigenvalue weighted by molar-refractivity contribution is 0.669. The van der Waals surface area contributed by atoms with Crippen molar-refractivity contribution in [1.29, 1.82) is 0 Å². The highest BCUT2D eigenvalue weighted by Gasteiger charge is 2.25. The van der Waals surface area contributed by atoms with Crippen molar-refractivity contribution in [2.24, 2.45) is 0 Å². The topological polar surface area (TPSA) is 56.7 Å². The highest BCUT2D eigenvalue weighted by Crippen LogP contribution is 2.45. The summed E-state index contributed by atoms with van der Waals surface area (Å²) in [5.41, 5.74) is 8.56. The van der Waals surface area contributed by atoms with E-state index in [4.69, 9.17) is 32.0 Å². The molecule has 0 bridgehead atoms. The average molecular weight is 609 g/mol. The van der Waals surface area contributed by atoms with E-state index in [-0.39, 0.29) is 0 Å². The molecule has 46 heavy (non-hydrogen) atoms. The number of aromatic nitrogens is 4. The summed E-state index contributed by atoms with van der Waals surface area (Å²) >= 11 is 5.30. The van der Waals surface area contributed by atoms with Gasteiger partial charge in [0.2, 0.25) is 5.95 Å². The zero-order valence-electron chi connectivity index (χ0n) is 24.5. The molecular weight excluding hydrogens is 585 g/mol. The van der Waals surface area contributed by atoms with Crippen molar-refractivity contribution in [2.45, 2.75) is 11.3 Å². The predicted octanol–water partition coefficient (Wildman–Crippen LogP) is 10.5. The summed E-state index contributed by atoms with van der Waals surface area (Å²) in [6.45, 7) is 0. The second kappa shape index (κ2) is 9.64. The Balaban J connectivity index is 1.33. The van der Waals surface area contributed by atoms with E-state index in [0.29, 0.717) is 5.95 Å². The molecule has 5 aromatic carbocycles. The maximum atomic E-state index is 6.15. The van der Waals surface area contributed by atoms with Crippen LogP contribution < -0.4 is 0 Å². The number of furan rings is 1. The second-order valence-corrected chi connectivity index (χ2v) is 12.2. The fraction of sp³-hybridized carbons (Fsp3) is 0.0250. The Bertz CT molecular complexity index is 2800. The zero-order chi connectivity index (χ0) is 30.4. The highest BCUT2D eigenvalue weighted by molar-refractivity contribution is 7.80. The van der Waals surface area contributed by atoms with Crippen molar-refractivity contribution in [3.8, 4) is 17.2 Å². The van der Waals surface area contributed by atoms with Gasteiger partial charge in [0.05, 0.1) is 16.7 Å². The lowest BCUT2D eigenvalue weighted by Crippen LogP contribution is -2.05. The number of pyridine rings is 1. The molecule has 9 aromatic rings. The maximum Gasteiger partial charge on any atom is 0.237 e. The number of nitrogens with zero attached hydrogens (tertiary/aromatic N) is 4. The minimum atomic E-state index is 0.555. The highest BCUT2D eigenvalue weighted by atomic mass is 32.1. The normalized spacial score (nSPS) is 13.3. The van der Waals surface area contributed by atoms with E-state index < -0.39 is 0 Å². The Morgan fingerprint density at radius 1 is 0.696 bits per heavy atom. The van der Waals surface area contributed by atoms with Gasteiger partial charge in [-0.1, -0.05) is 78.9 Å². The molecule has 1 aliphatic rings. The first-order chi connectivity index (χ1) is 22.7. The Kier molecular flexibility index (Phi) is 5.36. The molecule has 0 unspecified atom stereocenters.